The van der Waals surface area contributed by atoms with E-state index in [1.165, 1.54) is 0 Å². The Labute approximate surface area is 161 Å². The molecule has 2 aromatic rings. The monoisotopic (exact) mass is 402 g/mol. The van der Waals surface area contributed by atoms with Crippen molar-refractivity contribution in [3.8, 4) is 0 Å². The van der Waals surface area contributed by atoms with Crippen molar-refractivity contribution in [2.45, 2.75) is 51.3 Å². The van der Waals surface area contributed by atoms with Gasteiger partial charge in [-0.2, -0.15) is 0 Å². The van der Waals surface area contributed by atoms with E-state index in [1.807, 2.05) is 54.9 Å². The number of rotatable bonds is 2. The quantitative estimate of drug-likeness (QED) is 0.563. The second kappa shape index (κ2) is 18.1. The molecule has 0 amide bonds. The second-order valence-corrected chi connectivity index (χ2v) is 6.08. The first-order valence-electron chi connectivity index (χ1n) is 8.54. The van der Waals surface area contributed by atoms with Gasteiger partial charge >= 0.3 is 0 Å². The minimum atomic E-state index is -3.37. The lowest BCUT2D eigenvalue weighted by Gasteiger charge is -2.05. The molecule has 0 fully saturated rings. The van der Waals surface area contributed by atoms with Crippen LogP contribution in [0, 0.1) is 13.8 Å². The molecular weight excluding hydrogens is 366 g/mol. The molecule has 0 radical (unpaired) electrons. The molecule has 0 N–H and O–H groups in total. The first kappa shape index (κ1) is 29.0. The Morgan fingerprint density at radius 3 is 0.960 bits per heavy atom. The van der Waals surface area contributed by atoms with Gasteiger partial charge in [0, 0.05) is 0 Å². The summed E-state index contributed by atoms with van der Waals surface area (Å²) < 4.78 is 24.5. The van der Waals surface area contributed by atoms with E-state index in [1.54, 1.807) is 48.5 Å². The lowest BCUT2D eigenvalue weighted by Crippen LogP contribution is -2.01. The van der Waals surface area contributed by atoms with Crippen molar-refractivity contribution in [1.82, 2.24) is 0 Å². The van der Waals surface area contributed by atoms with Gasteiger partial charge in [-0.15, -0.1) is 18.5 Å². The molecule has 0 saturated carbocycles. The van der Waals surface area contributed by atoms with Crippen LogP contribution in [0.25, 0.3) is 0 Å². The van der Waals surface area contributed by atoms with E-state index >= 15 is 0 Å². The summed E-state index contributed by atoms with van der Waals surface area (Å²) in [5.41, 5.74) is 2.10. The third-order valence-electron chi connectivity index (χ3n) is 2.66. The molecule has 2 unspecified atom stereocenters. The van der Waals surface area contributed by atoms with Crippen molar-refractivity contribution in [1.29, 1.82) is 0 Å². The van der Waals surface area contributed by atoms with E-state index in [0.717, 1.165) is 11.1 Å². The fraction of sp³-hybridized carbons (Fsp3) is 0.400. The third-order valence-corrected chi connectivity index (χ3v) is 4.45. The first-order chi connectivity index (χ1) is 12.0. The lowest BCUT2D eigenvalue weighted by atomic mass is 10.2. The molecule has 2 rings (SSSR count). The highest BCUT2D eigenvalue weighted by molar-refractivity contribution is 7.91. The second-order valence-electron chi connectivity index (χ2n) is 4.13. The van der Waals surface area contributed by atoms with Crippen molar-refractivity contribution in [3.63, 3.8) is 0 Å². The van der Waals surface area contributed by atoms with Gasteiger partial charge in [-0.25, -0.2) is 8.42 Å². The van der Waals surface area contributed by atoms with E-state index in [4.69, 9.17) is 0 Å². The average molecular weight is 403 g/mol. The van der Waals surface area contributed by atoms with E-state index in [9.17, 15) is 8.42 Å². The minimum Gasteiger partial charge on any atom is -0.219 e. The summed E-state index contributed by atoms with van der Waals surface area (Å²) in [5.74, 6) is 0. The Morgan fingerprint density at radius 2 is 0.760 bits per heavy atom. The van der Waals surface area contributed by atoms with Crippen LogP contribution in [0.15, 0.2) is 58.3 Å². The molecule has 0 aliphatic heterocycles. The standard InChI is InChI=1S/C14H14O2S.2C2H6.2CH5P/c1-11-3-7-13(8-4-11)17(15,16)14-9-5-12(2)6-10-14;4*1-2/h3-10H,1-2H3;2*1-2H3;2*2H2,1H3. The van der Waals surface area contributed by atoms with Gasteiger partial charge in [0.2, 0.25) is 9.84 Å². The van der Waals surface area contributed by atoms with Gasteiger partial charge in [0.05, 0.1) is 9.79 Å². The van der Waals surface area contributed by atoms with Gasteiger partial charge in [0.15, 0.2) is 0 Å². The largest absolute Gasteiger partial charge is 0.219 e. The zero-order valence-corrected chi connectivity index (χ0v) is 20.1. The van der Waals surface area contributed by atoms with Crippen LogP contribution >= 0.6 is 18.5 Å². The fourth-order valence-electron chi connectivity index (χ4n) is 1.57. The highest BCUT2D eigenvalue weighted by atomic mass is 32.2. The number of hydrogen-bond donors (Lipinski definition) is 0. The predicted molar refractivity (Wildman–Crippen MR) is 122 cm³/mol. The van der Waals surface area contributed by atoms with E-state index in [2.05, 4.69) is 18.5 Å². The van der Waals surface area contributed by atoms with Crippen LogP contribution in [-0.2, 0) is 9.84 Å². The maximum Gasteiger partial charge on any atom is 0.206 e. The average Bonchev–Trinajstić information content (AvgIpc) is 2.69. The third kappa shape index (κ3) is 10.8. The van der Waals surface area contributed by atoms with Gasteiger partial charge in [0.25, 0.3) is 0 Å². The zero-order chi connectivity index (χ0) is 20.5. The summed E-state index contributed by atoms with van der Waals surface area (Å²) in [6, 6.07) is 13.8. The van der Waals surface area contributed by atoms with Crippen LogP contribution in [0.3, 0.4) is 0 Å². The molecule has 0 aliphatic carbocycles. The Kier molecular flexibility index (Phi) is 21.0. The summed E-state index contributed by atoms with van der Waals surface area (Å²) in [6.45, 7) is 15.7. The summed E-state index contributed by atoms with van der Waals surface area (Å²) in [6.07, 6.45) is 0. The molecular formula is C20H36O2P2S. The minimum absolute atomic E-state index is 0.340. The summed E-state index contributed by atoms with van der Waals surface area (Å²) in [4.78, 5) is 0.680. The maximum atomic E-state index is 12.3. The fourth-order valence-corrected chi connectivity index (χ4v) is 2.83. The van der Waals surface area contributed by atoms with Crippen molar-refractivity contribution in [2.75, 3.05) is 13.3 Å². The van der Waals surface area contributed by atoms with Crippen LogP contribution in [-0.4, -0.2) is 21.7 Å². The van der Waals surface area contributed by atoms with Gasteiger partial charge < -0.3 is 0 Å². The molecule has 2 aromatic carbocycles. The van der Waals surface area contributed by atoms with E-state index in [0.29, 0.717) is 9.79 Å². The summed E-state index contributed by atoms with van der Waals surface area (Å²) in [5, 5.41) is 0. The van der Waals surface area contributed by atoms with Crippen molar-refractivity contribution < 1.29 is 8.42 Å². The van der Waals surface area contributed by atoms with Gasteiger partial charge in [-0.1, -0.05) is 76.4 Å². The molecule has 0 aliphatic rings. The molecule has 0 heterocycles. The zero-order valence-electron chi connectivity index (χ0n) is 17.0. The molecule has 2 nitrogen and oxygen atoms in total. The SMILES string of the molecule is CC.CC.CP.CP.Cc1ccc(S(=O)(=O)c2ccc(C)cc2)cc1. The van der Waals surface area contributed by atoms with Crippen molar-refractivity contribution >= 4 is 28.3 Å². The molecule has 144 valence electrons. The molecule has 0 bridgehead atoms. The van der Waals surface area contributed by atoms with Crippen LogP contribution < -0.4 is 0 Å². The first-order valence-corrected chi connectivity index (χ1v) is 12.3. The molecule has 2 atom stereocenters. The summed E-state index contributed by atoms with van der Waals surface area (Å²) in [7, 11) is 1.46. The van der Waals surface area contributed by atoms with Crippen LogP contribution in [0.4, 0.5) is 0 Å². The highest BCUT2D eigenvalue weighted by Gasteiger charge is 2.16. The van der Waals surface area contributed by atoms with Crippen LogP contribution in [0.2, 0.25) is 0 Å². The van der Waals surface area contributed by atoms with Crippen LogP contribution in [0.1, 0.15) is 38.8 Å². The number of hydrogen-bond acceptors (Lipinski definition) is 2. The molecule has 0 aromatic heterocycles. The molecule has 0 spiro atoms. The molecule has 25 heavy (non-hydrogen) atoms. The molecule has 0 saturated heterocycles. The highest BCUT2D eigenvalue weighted by Crippen LogP contribution is 2.21. The van der Waals surface area contributed by atoms with Gasteiger partial charge in [-0.3, -0.25) is 0 Å². The number of aryl methyl sites for hydroxylation is 2. The Bertz CT molecular complexity index is 568. The van der Waals surface area contributed by atoms with Crippen molar-refractivity contribution in [3.05, 3.63) is 59.7 Å². The lowest BCUT2D eigenvalue weighted by molar-refractivity contribution is 0.596. The van der Waals surface area contributed by atoms with Crippen LogP contribution in [0.5, 0.6) is 0 Å². The maximum absolute atomic E-state index is 12.3. The summed E-state index contributed by atoms with van der Waals surface area (Å²) >= 11 is 0. The van der Waals surface area contributed by atoms with Gasteiger partial charge in [-0.05, 0) is 38.1 Å². The van der Waals surface area contributed by atoms with E-state index in [-0.39, 0.29) is 0 Å². The topological polar surface area (TPSA) is 34.1 Å². The Balaban J connectivity index is -0.000000533. The predicted octanol–water partition coefficient (Wildman–Crippen LogP) is 6.17. The Hall–Kier alpha value is -0.750. The van der Waals surface area contributed by atoms with Crippen molar-refractivity contribution in [2.24, 2.45) is 0 Å². The Morgan fingerprint density at radius 1 is 0.560 bits per heavy atom. The van der Waals surface area contributed by atoms with E-state index < -0.39 is 9.84 Å². The molecule has 5 heteroatoms. The number of sulfone groups is 1. The van der Waals surface area contributed by atoms with Gasteiger partial charge in [0.1, 0.15) is 0 Å². The normalized spacial score (nSPS) is 8.72. The smallest absolute Gasteiger partial charge is 0.206 e. The number of benzene rings is 2.